The van der Waals surface area contributed by atoms with Crippen molar-refractivity contribution in [3.8, 4) is 0 Å². The van der Waals surface area contributed by atoms with Gasteiger partial charge < -0.3 is 16.2 Å². The van der Waals surface area contributed by atoms with Gasteiger partial charge in [-0.1, -0.05) is 42.5 Å². The molecule has 0 bridgehead atoms. The number of aromatic carboxylic acids is 1. The number of rotatable bonds is 5. The fourth-order valence-electron chi connectivity index (χ4n) is 2.09. The third kappa shape index (κ3) is 3.32. The van der Waals surface area contributed by atoms with Crippen molar-refractivity contribution in [1.29, 1.82) is 0 Å². The number of nitrogens with two attached hydrogens (primary N) is 1. The standard InChI is InChI=1S/C17H16N2O3/c1-11(12-7-3-2-4-8-12)15(16(18)20)19-14-10-6-5-9-13(14)17(21)22/h2-10,19H,1H3,(H2,18,20)(H,21,22)/b15-11+. The monoisotopic (exact) mass is 296 g/mol. The fraction of sp³-hybridized carbons (Fsp3) is 0.0588. The van der Waals surface area contributed by atoms with Gasteiger partial charge in [0.1, 0.15) is 5.70 Å². The first-order valence-corrected chi connectivity index (χ1v) is 6.66. The molecule has 0 spiro atoms. The van der Waals surface area contributed by atoms with Crippen molar-refractivity contribution in [2.45, 2.75) is 6.92 Å². The molecule has 0 saturated heterocycles. The topological polar surface area (TPSA) is 92.4 Å². The third-order valence-electron chi connectivity index (χ3n) is 3.25. The van der Waals surface area contributed by atoms with E-state index < -0.39 is 11.9 Å². The molecule has 0 atom stereocenters. The highest BCUT2D eigenvalue weighted by Crippen LogP contribution is 2.22. The van der Waals surface area contributed by atoms with Crippen LogP contribution in [0.25, 0.3) is 5.57 Å². The molecule has 0 heterocycles. The summed E-state index contributed by atoms with van der Waals surface area (Å²) in [6.45, 7) is 1.76. The van der Waals surface area contributed by atoms with Crippen LogP contribution in [0.5, 0.6) is 0 Å². The van der Waals surface area contributed by atoms with E-state index in [4.69, 9.17) is 5.73 Å². The van der Waals surface area contributed by atoms with Gasteiger partial charge in [-0.3, -0.25) is 4.79 Å². The van der Waals surface area contributed by atoms with E-state index in [9.17, 15) is 14.7 Å². The SMILES string of the molecule is C/C(=C(\Nc1ccccc1C(=O)O)C(N)=O)c1ccccc1. The normalized spacial score (nSPS) is 11.5. The van der Waals surface area contributed by atoms with Crippen molar-refractivity contribution < 1.29 is 14.7 Å². The van der Waals surface area contributed by atoms with Crippen LogP contribution in [0.3, 0.4) is 0 Å². The summed E-state index contributed by atoms with van der Waals surface area (Å²) in [6, 6.07) is 15.6. The number of carbonyl (C=O) groups is 2. The Morgan fingerprint density at radius 3 is 2.18 bits per heavy atom. The molecular weight excluding hydrogens is 280 g/mol. The zero-order chi connectivity index (χ0) is 16.1. The smallest absolute Gasteiger partial charge is 0.337 e. The molecule has 0 aliphatic rings. The molecule has 5 nitrogen and oxygen atoms in total. The number of allylic oxidation sites excluding steroid dienone is 1. The van der Waals surface area contributed by atoms with Crippen LogP contribution in [-0.4, -0.2) is 17.0 Å². The lowest BCUT2D eigenvalue weighted by molar-refractivity contribution is -0.114. The maximum absolute atomic E-state index is 11.8. The van der Waals surface area contributed by atoms with Crippen LogP contribution < -0.4 is 11.1 Å². The van der Waals surface area contributed by atoms with E-state index in [2.05, 4.69) is 5.32 Å². The van der Waals surface area contributed by atoms with Crippen LogP contribution in [-0.2, 0) is 4.79 Å². The Morgan fingerprint density at radius 2 is 1.59 bits per heavy atom. The first-order chi connectivity index (χ1) is 10.5. The summed E-state index contributed by atoms with van der Waals surface area (Å²) in [5.74, 6) is -1.73. The molecule has 0 aliphatic carbocycles. The van der Waals surface area contributed by atoms with Gasteiger partial charge in [-0.25, -0.2) is 4.79 Å². The first kappa shape index (κ1) is 15.3. The molecular formula is C17H16N2O3. The molecule has 4 N–H and O–H groups in total. The average molecular weight is 296 g/mol. The number of carboxylic acids is 1. The third-order valence-corrected chi connectivity index (χ3v) is 3.25. The summed E-state index contributed by atoms with van der Waals surface area (Å²) in [4.78, 5) is 23.0. The molecule has 112 valence electrons. The van der Waals surface area contributed by atoms with Crippen LogP contribution in [0, 0.1) is 0 Å². The number of carboxylic acid groups (broad SMARTS) is 1. The van der Waals surface area contributed by atoms with Crippen molar-refractivity contribution in [3.05, 3.63) is 71.4 Å². The minimum atomic E-state index is -1.08. The molecule has 0 unspecified atom stereocenters. The van der Waals surface area contributed by atoms with Crippen molar-refractivity contribution in [2.24, 2.45) is 5.73 Å². The molecule has 2 aromatic carbocycles. The Morgan fingerprint density at radius 1 is 1.00 bits per heavy atom. The summed E-state index contributed by atoms with van der Waals surface area (Å²) in [5, 5.41) is 12.1. The van der Waals surface area contributed by atoms with Crippen molar-refractivity contribution in [2.75, 3.05) is 5.32 Å². The molecule has 1 amide bonds. The van der Waals surface area contributed by atoms with Crippen LogP contribution in [0.2, 0.25) is 0 Å². The van der Waals surface area contributed by atoms with E-state index >= 15 is 0 Å². The number of primary amides is 1. The van der Waals surface area contributed by atoms with Crippen LogP contribution in [0.15, 0.2) is 60.3 Å². The average Bonchev–Trinajstić information content (AvgIpc) is 2.52. The number of amides is 1. The summed E-state index contributed by atoms with van der Waals surface area (Å²) in [7, 11) is 0. The Bertz CT molecular complexity index is 737. The largest absolute Gasteiger partial charge is 0.478 e. The zero-order valence-corrected chi connectivity index (χ0v) is 12.0. The Hall–Kier alpha value is -3.08. The molecule has 0 aliphatic heterocycles. The van der Waals surface area contributed by atoms with Crippen molar-refractivity contribution in [3.63, 3.8) is 0 Å². The maximum Gasteiger partial charge on any atom is 0.337 e. The molecule has 2 rings (SSSR count). The van der Waals surface area contributed by atoms with Gasteiger partial charge >= 0.3 is 5.97 Å². The summed E-state index contributed by atoms with van der Waals surface area (Å²) in [5.41, 5.74) is 7.48. The Kier molecular flexibility index (Phi) is 4.58. The minimum Gasteiger partial charge on any atom is -0.478 e. The van der Waals surface area contributed by atoms with Gasteiger partial charge in [0.15, 0.2) is 0 Å². The van der Waals surface area contributed by atoms with E-state index in [-0.39, 0.29) is 11.3 Å². The molecule has 2 aromatic rings. The number of hydrogen-bond acceptors (Lipinski definition) is 3. The number of para-hydroxylation sites is 1. The molecule has 0 aromatic heterocycles. The number of benzene rings is 2. The van der Waals surface area contributed by atoms with Gasteiger partial charge in [0.05, 0.1) is 11.3 Å². The predicted molar refractivity (Wildman–Crippen MR) is 85.3 cm³/mol. The summed E-state index contributed by atoms with van der Waals surface area (Å²) < 4.78 is 0. The summed E-state index contributed by atoms with van der Waals surface area (Å²) >= 11 is 0. The van der Waals surface area contributed by atoms with E-state index in [1.165, 1.54) is 6.07 Å². The van der Waals surface area contributed by atoms with Crippen LogP contribution >= 0.6 is 0 Å². The molecule has 0 radical (unpaired) electrons. The number of hydrogen-bond donors (Lipinski definition) is 3. The Labute approximate surface area is 128 Å². The lowest BCUT2D eigenvalue weighted by Gasteiger charge is -2.14. The lowest BCUT2D eigenvalue weighted by Crippen LogP contribution is -2.22. The summed E-state index contributed by atoms with van der Waals surface area (Å²) in [6.07, 6.45) is 0. The lowest BCUT2D eigenvalue weighted by atomic mass is 10.0. The number of anilines is 1. The van der Waals surface area contributed by atoms with Crippen LogP contribution in [0.4, 0.5) is 5.69 Å². The van der Waals surface area contributed by atoms with Gasteiger partial charge in [-0.05, 0) is 30.2 Å². The second-order valence-electron chi connectivity index (χ2n) is 4.71. The van der Waals surface area contributed by atoms with Gasteiger partial charge in [-0.15, -0.1) is 0 Å². The molecule has 0 saturated carbocycles. The number of carbonyl (C=O) groups excluding carboxylic acids is 1. The Balaban J connectivity index is 2.47. The second kappa shape index (κ2) is 6.58. The quantitative estimate of drug-likeness (QED) is 0.740. The van der Waals surface area contributed by atoms with E-state index in [0.29, 0.717) is 11.3 Å². The van der Waals surface area contributed by atoms with E-state index in [1.54, 1.807) is 25.1 Å². The van der Waals surface area contributed by atoms with Gasteiger partial charge in [-0.2, -0.15) is 0 Å². The zero-order valence-electron chi connectivity index (χ0n) is 12.0. The maximum atomic E-state index is 11.8. The van der Waals surface area contributed by atoms with E-state index in [1.807, 2.05) is 30.3 Å². The number of nitrogens with one attached hydrogen (secondary N) is 1. The predicted octanol–water partition coefficient (Wildman–Crippen LogP) is 2.71. The van der Waals surface area contributed by atoms with Gasteiger partial charge in [0.2, 0.25) is 0 Å². The van der Waals surface area contributed by atoms with Crippen LogP contribution in [0.1, 0.15) is 22.8 Å². The van der Waals surface area contributed by atoms with Crippen molar-refractivity contribution >= 4 is 23.1 Å². The van der Waals surface area contributed by atoms with Gasteiger partial charge in [0.25, 0.3) is 5.91 Å². The fourth-order valence-corrected chi connectivity index (χ4v) is 2.09. The van der Waals surface area contributed by atoms with E-state index in [0.717, 1.165) is 5.56 Å². The second-order valence-corrected chi connectivity index (χ2v) is 4.71. The molecule has 5 heteroatoms. The highest BCUT2D eigenvalue weighted by atomic mass is 16.4. The van der Waals surface area contributed by atoms with Crippen molar-refractivity contribution in [1.82, 2.24) is 0 Å². The highest BCUT2D eigenvalue weighted by molar-refractivity contribution is 6.04. The minimum absolute atomic E-state index is 0.0714. The first-order valence-electron chi connectivity index (χ1n) is 6.66. The molecule has 0 fully saturated rings. The van der Waals surface area contributed by atoms with Gasteiger partial charge in [0, 0.05) is 0 Å². The molecule has 22 heavy (non-hydrogen) atoms. The highest BCUT2D eigenvalue weighted by Gasteiger charge is 2.15.